The standard InChI is InChI=1S/C15H13BrN4/c1-10-9-20(15(17)19-10)18-8-11-5-6-12-3-2-4-14(16)13(12)7-11/h2-9H,1H3,(H2,17,19). The first-order valence-corrected chi connectivity index (χ1v) is 6.97. The van der Waals surface area contributed by atoms with Gasteiger partial charge in [-0.05, 0) is 35.4 Å². The predicted molar refractivity (Wildman–Crippen MR) is 86.0 cm³/mol. The number of imidazole rings is 1. The summed E-state index contributed by atoms with van der Waals surface area (Å²) in [6.45, 7) is 1.88. The van der Waals surface area contributed by atoms with E-state index in [1.165, 1.54) is 5.39 Å². The summed E-state index contributed by atoms with van der Waals surface area (Å²) in [7, 11) is 0. The maximum absolute atomic E-state index is 5.75. The summed E-state index contributed by atoms with van der Waals surface area (Å²) in [4.78, 5) is 4.11. The number of aryl methyl sites for hydroxylation is 1. The fraction of sp³-hybridized carbons (Fsp3) is 0.0667. The van der Waals surface area contributed by atoms with Crippen molar-refractivity contribution in [1.29, 1.82) is 0 Å². The van der Waals surface area contributed by atoms with Crippen LogP contribution in [0.3, 0.4) is 0 Å². The Hall–Kier alpha value is -2.14. The summed E-state index contributed by atoms with van der Waals surface area (Å²) in [5.41, 5.74) is 7.61. The van der Waals surface area contributed by atoms with E-state index in [1.807, 2.05) is 25.1 Å². The van der Waals surface area contributed by atoms with Crippen LogP contribution in [0, 0.1) is 6.92 Å². The lowest BCUT2D eigenvalue weighted by atomic mass is 10.1. The van der Waals surface area contributed by atoms with Gasteiger partial charge >= 0.3 is 0 Å². The Kier molecular flexibility index (Phi) is 3.28. The molecule has 0 radical (unpaired) electrons. The number of nitrogen functional groups attached to an aromatic ring is 1. The minimum absolute atomic E-state index is 0.390. The lowest BCUT2D eigenvalue weighted by Crippen LogP contribution is -1.96. The quantitative estimate of drug-likeness (QED) is 0.731. The zero-order valence-electron chi connectivity index (χ0n) is 10.9. The molecule has 0 fully saturated rings. The maximum Gasteiger partial charge on any atom is 0.221 e. The third kappa shape index (κ3) is 2.44. The number of aromatic nitrogens is 2. The van der Waals surface area contributed by atoms with Crippen LogP contribution in [0.15, 0.2) is 52.2 Å². The fourth-order valence-corrected chi connectivity index (χ4v) is 2.55. The Bertz CT molecular complexity index is 805. The van der Waals surface area contributed by atoms with Crippen LogP contribution in [-0.2, 0) is 0 Å². The molecule has 5 heteroatoms. The Morgan fingerprint density at radius 2 is 2.15 bits per heavy atom. The molecule has 1 heterocycles. The van der Waals surface area contributed by atoms with Crippen LogP contribution in [0.2, 0.25) is 0 Å². The molecule has 3 aromatic rings. The number of fused-ring (bicyclic) bond motifs is 1. The molecule has 0 aliphatic rings. The van der Waals surface area contributed by atoms with E-state index in [1.54, 1.807) is 17.1 Å². The summed E-state index contributed by atoms with van der Waals surface area (Å²) in [6.07, 6.45) is 3.57. The normalized spacial score (nSPS) is 11.5. The average Bonchev–Trinajstić information content (AvgIpc) is 2.75. The van der Waals surface area contributed by atoms with Gasteiger partial charge in [-0.1, -0.05) is 40.2 Å². The number of hydrogen-bond donors (Lipinski definition) is 1. The van der Waals surface area contributed by atoms with E-state index in [0.29, 0.717) is 5.95 Å². The number of halogens is 1. The summed E-state index contributed by atoms with van der Waals surface area (Å²) in [5, 5.41) is 6.67. The second kappa shape index (κ2) is 5.09. The van der Waals surface area contributed by atoms with Gasteiger partial charge in [-0.15, -0.1) is 0 Å². The van der Waals surface area contributed by atoms with Crippen LogP contribution in [0.5, 0.6) is 0 Å². The molecule has 20 heavy (non-hydrogen) atoms. The topological polar surface area (TPSA) is 56.2 Å². The molecule has 0 aliphatic carbocycles. The molecular formula is C15H13BrN4. The molecule has 0 amide bonds. The predicted octanol–water partition coefficient (Wildman–Crippen LogP) is 3.57. The zero-order chi connectivity index (χ0) is 14.1. The van der Waals surface area contributed by atoms with Crippen molar-refractivity contribution < 1.29 is 0 Å². The minimum Gasteiger partial charge on any atom is -0.368 e. The fourth-order valence-electron chi connectivity index (χ4n) is 2.06. The lowest BCUT2D eigenvalue weighted by Gasteiger charge is -2.02. The van der Waals surface area contributed by atoms with Gasteiger partial charge in [-0.2, -0.15) is 5.10 Å². The maximum atomic E-state index is 5.75. The van der Waals surface area contributed by atoms with Gasteiger partial charge in [0.15, 0.2) is 0 Å². The molecule has 3 rings (SSSR count). The van der Waals surface area contributed by atoms with Gasteiger partial charge in [-0.25, -0.2) is 9.66 Å². The van der Waals surface area contributed by atoms with Gasteiger partial charge in [-0.3, -0.25) is 0 Å². The first-order valence-electron chi connectivity index (χ1n) is 6.17. The van der Waals surface area contributed by atoms with E-state index in [9.17, 15) is 0 Å². The number of hydrogen-bond acceptors (Lipinski definition) is 3. The van der Waals surface area contributed by atoms with Gasteiger partial charge < -0.3 is 5.73 Å². The van der Waals surface area contributed by atoms with E-state index in [0.717, 1.165) is 21.1 Å². The van der Waals surface area contributed by atoms with Crippen molar-refractivity contribution in [2.45, 2.75) is 6.92 Å². The van der Waals surface area contributed by atoms with Gasteiger partial charge in [0.2, 0.25) is 5.95 Å². The Morgan fingerprint density at radius 1 is 1.30 bits per heavy atom. The Morgan fingerprint density at radius 3 is 2.90 bits per heavy atom. The van der Waals surface area contributed by atoms with Crippen LogP contribution in [-0.4, -0.2) is 15.9 Å². The van der Waals surface area contributed by atoms with Crippen LogP contribution < -0.4 is 5.73 Å². The second-order valence-corrected chi connectivity index (χ2v) is 5.40. The molecule has 0 spiro atoms. The zero-order valence-corrected chi connectivity index (χ0v) is 12.5. The summed E-state index contributed by atoms with van der Waals surface area (Å²) < 4.78 is 2.64. The number of nitrogens with zero attached hydrogens (tertiary/aromatic N) is 3. The first kappa shape index (κ1) is 12.9. The SMILES string of the molecule is Cc1cn(N=Cc2ccc3cccc(Br)c3c2)c(N)n1. The van der Waals surface area contributed by atoms with Gasteiger partial charge in [0.25, 0.3) is 0 Å². The van der Waals surface area contributed by atoms with Crippen molar-refractivity contribution in [2.75, 3.05) is 5.73 Å². The highest BCUT2D eigenvalue weighted by molar-refractivity contribution is 9.10. The molecule has 2 N–H and O–H groups in total. The largest absolute Gasteiger partial charge is 0.368 e. The summed E-state index contributed by atoms with van der Waals surface area (Å²) >= 11 is 3.56. The smallest absolute Gasteiger partial charge is 0.221 e. The number of rotatable bonds is 2. The molecular weight excluding hydrogens is 316 g/mol. The van der Waals surface area contributed by atoms with Crippen molar-refractivity contribution in [2.24, 2.45) is 5.10 Å². The van der Waals surface area contributed by atoms with Gasteiger partial charge in [0, 0.05) is 4.47 Å². The van der Waals surface area contributed by atoms with Crippen molar-refractivity contribution in [1.82, 2.24) is 9.66 Å². The number of anilines is 1. The van der Waals surface area contributed by atoms with Crippen molar-refractivity contribution in [3.05, 3.63) is 58.3 Å². The third-order valence-electron chi connectivity index (χ3n) is 3.02. The van der Waals surface area contributed by atoms with E-state index in [2.05, 4.69) is 44.2 Å². The van der Waals surface area contributed by atoms with Crippen LogP contribution in [0.1, 0.15) is 11.3 Å². The average molecular weight is 329 g/mol. The van der Waals surface area contributed by atoms with Gasteiger partial charge in [0.1, 0.15) is 0 Å². The molecule has 1 aromatic heterocycles. The number of nitrogens with two attached hydrogens (primary N) is 1. The number of benzene rings is 2. The monoisotopic (exact) mass is 328 g/mol. The minimum atomic E-state index is 0.390. The molecule has 0 atom stereocenters. The second-order valence-electron chi connectivity index (χ2n) is 4.55. The third-order valence-corrected chi connectivity index (χ3v) is 3.71. The van der Waals surface area contributed by atoms with Crippen LogP contribution >= 0.6 is 15.9 Å². The Labute approximate surface area is 125 Å². The van der Waals surface area contributed by atoms with E-state index in [-0.39, 0.29) is 0 Å². The highest BCUT2D eigenvalue weighted by atomic mass is 79.9. The van der Waals surface area contributed by atoms with Gasteiger partial charge in [0.05, 0.1) is 18.1 Å². The summed E-state index contributed by atoms with van der Waals surface area (Å²) in [5.74, 6) is 0.390. The highest BCUT2D eigenvalue weighted by Crippen LogP contribution is 2.24. The lowest BCUT2D eigenvalue weighted by molar-refractivity contribution is 0.897. The van der Waals surface area contributed by atoms with E-state index in [4.69, 9.17) is 5.73 Å². The van der Waals surface area contributed by atoms with Crippen LogP contribution in [0.4, 0.5) is 5.95 Å². The molecule has 4 nitrogen and oxygen atoms in total. The van der Waals surface area contributed by atoms with Crippen molar-refractivity contribution in [3.8, 4) is 0 Å². The van der Waals surface area contributed by atoms with E-state index < -0.39 is 0 Å². The molecule has 2 aromatic carbocycles. The molecule has 0 bridgehead atoms. The highest BCUT2D eigenvalue weighted by Gasteiger charge is 2.00. The first-order chi connectivity index (χ1) is 9.63. The van der Waals surface area contributed by atoms with Crippen molar-refractivity contribution in [3.63, 3.8) is 0 Å². The molecule has 0 saturated heterocycles. The van der Waals surface area contributed by atoms with E-state index >= 15 is 0 Å². The molecule has 100 valence electrons. The molecule has 0 saturated carbocycles. The van der Waals surface area contributed by atoms with Crippen LogP contribution in [0.25, 0.3) is 10.8 Å². The Balaban J connectivity index is 1.99. The molecule has 0 aliphatic heterocycles. The molecule has 0 unspecified atom stereocenters. The summed E-state index contributed by atoms with van der Waals surface area (Å²) in [6, 6.07) is 12.3. The van der Waals surface area contributed by atoms with Crippen molar-refractivity contribution >= 4 is 38.9 Å².